The van der Waals surface area contributed by atoms with E-state index in [0.29, 0.717) is 35.0 Å². The Labute approximate surface area is 162 Å². The summed E-state index contributed by atoms with van der Waals surface area (Å²) < 4.78 is 16.0. The number of ether oxygens (including phenoxy) is 3. The fourth-order valence-electron chi connectivity index (χ4n) is 3.10. The summed E-state index contributed by atoms with van der Waals surface area (Å²) in [5, 5.41) is 13.4. The number of hydrogen-bond acceptors (Lipinski definition) is 6. The zero-order chi connectivity index (χ0) is 20.3. The topological polar surface area (TPSA) is 94.1 Å². The minimum atomic E-state index is -0.864. The van der Waals surface area contributed by atoms with Crippen LogP contribution in [0.5, 0.6) is 17.2 Å². The number of ketones is 1. The molecule has 1 saturated heterocycles. The van der Waals surface area contributed by atoms with E-state index in [1.807, 2.05) is 6.92 Å². The van der Waals surface area contributed by atoms with Gasteiger partial charge in [0.15, 0.2) is 0 Å². The summed E-state index contributed by atoms with van der Waals surface area (Å²) in [6.45, 7) is 2.38. The molecule has 0 bridgehead atoms. The molecule has 0 saturated carbocycles. The van der Waals surface area contributed by atoms with Crippen molar-refractivity contribution < 1.29 is 28.9 Å². The summed E-state index contributed by atoms with van der Waals surface area (Å²) in [6, 6.07) is 10.8. The molecule has 2 aromatic carbocycles. The average molecular weight is 383 g/mol. The molecule has 2 aromatic rings. The molecule has 146 valence electrons. The van der Waals surface area contributed by atoms with Gasteiger partial charge in [0.2, 0.25) is 0 Å². The van der Waals surface area contributed by atoms with Gasteiger partial charge in [-0.05, 0) is 49.4 Å². The van der Waals surface area contributed by atoms with Crippen molar-refractivity contribution in [2.45, 2.75) is 13.0 Å². The molecule has 1 amide bonds. The molecule has 28 heavy (non-hydrogen) atoms. The first kappa shape index (κ1) is 19.3. The van der Waals surface area contributed by atoms with Crippen LogP contribution >= 0.6 is 0 Å². The number of aliphatic hydroxyl groups excluding tert-OH is 1. The van der Waals surface area contributed by atoms with Gasteiger partial charge in [-0.25, -0.2) is 0 Å². The third kappa shape index (κ3) is 3.51. The Kier molecular flexibility index (Phi) is 5.54. The minimum Gasteiger partial charge on any atom is -0.507 e. The van der Waals surface area contributed by atoms with E-state index in [2.05, 4.69) is 5.32 Å². The molecule has 1 aliphatic heterocycles. The number of aliphatic hydroxyl groups is 1. The van der Waals surface area contributed by atoms with Crippen molar-refractivity contribution in [1.82, 2.24) is 5.32 Å². The van der Waals surface area contributed by atoms with Gasteiger partial charge >= 0.3 is 0 Å². The van der Waals surface area contributed by atoms with Gasteiger partial charge in [-0.15, -0.1) is 0 Å². The van der Waals surface area contributed by atoms with Gasteiger partial charge in [-0.3, -0.25) is 9.59 Å². The Morgan fingerprint density at radius 2 is 1.71 bits per heavy atom. The van der Waals surface area contributed by atoms with Crippen LogP contribution in [0, 0.1) is 0 Å². The van der Waals surface area contributed by atoms with Gasteiger partial charge in [-0.1, -0.05) is 0 Å². The van der Waals surface area contributed by atoms with Gasteiger partial charge in [0, 0.05) is 11.1 Å². The lowest BCUT2D eigenvalue weighted by Crippen LogP contribution is -2.21. The van der Waals surface area contributed by atoms with Crippen molar-refractivity contribution in [2.75, 3.05) is 20.8 Å². The highest BCUT2D eigenvalue weighted by Crippen LogP contribution is 2.38. The molecule has 7 heteroatoms. The smallest absolute Gasteiger partial charge is 0.293 e. The lowest BCUT2D eigenvalue weighted by atomic mass is 9.95. The molecule has 0 unspecified atom stereocenters. The molecule has 1 aliphatic rings. The van der Waals surface area contributed by atoms with Gasteiger partial charge in [0.1, 0.15) is 23.0 Å². The number of rotatable bonds is 6. The fraction of sp³-hybridized carbons (Fsp3) is 0.238. The van der Waals surface area contributed by atoms with Crippen molar-refractivity contribution in [1.29, 1.82) is 0 Å². The van der Waals surface area contributed by atoms with E-state index in [1.54, 1.807) is 42.5 Å². The highest BCUT2D eigenvalue weighted by atomic mass is 16.5. The first-order chi connectivity index (χ1) is 13.5. The van der Waals surface area contributed by atoms with Crippen molar-refractivity contribution in [2.24, 2.45) is 0 Å². The van der Waals surface area contributed by atoms with Gasteiger partial charge in [-0.2, -0.15) is 0 Å². The van der Waals surface area contributed by atoms with Gasteiger partial charge < -0.3 is 24.6 Å². The molecule has 2 N–H and O–H groups in total. The molecule has 7 nitrogen and oxygen atoms in total. The second kappa shape index (κ2) is 8.04. The van der Waals surface area contributed by atoms with Gasteiger partial charge in [0.25, 0.3) is 11.7 Å². The third-order valence-electron chi connectivity index (χ3n) is 4.46. The molecule has 0 radical (unpaired) electrons. The summed E-state index contributed by atoms with van der Waals surface area (Å²) in [5.41, 5.74) is 0.865. The van der Waals surface area contributed by atoms with Crippen LogP contribution in [0.2, 0.25) is 0 Å². The van der Waals surface area contributed by atoms with E-state index in [0.717, 1.165) is 0 Å². The highest BCUT2D eigenvalue weighted by molar-refractivity contribution is 6.46. The minimum absolute atomic E-state index is 0.0410. The highest BCUT2D eigenvalue weighted by Gasteiger charge is 2.41. The second-order valence-electron chi connectivity index (χ2n) is 6.06. The predicted molar refractivity (Wildman–Crippen MR) is 103 cm³/mol. The number of amides is 1. The lowest BCUT2D eigenvalue weighted by molar-refractivity contribution is -0.133. The first-order valence-electron chi connectivity index (χ1n) is 8.73. The van der Waals surface area contributed by atoms with Crippen LogP contribution in [0.3, 0.4) is 0 Å². The number of carbonyl (C=O) groups is 2. The normalized spacial score (nSPS) is 17.9. The molecular weight excluding hydrogens is 362 g/mol. The van der Waals surface area contributed by atoms with Gasteiger partial charge in [0.05, 0.1) is 32.4 Å². The Bertz CT molecular complexity index is 932. The van der Waals surface area contributed by atoms with Crippen LogP contribution in [0.15, 0.2) is 48.0 Å². The van der Waals surface area contributed by atoms with Crippen LogP contribution in [0.1, 0.15) is 24.1 Å². The number of Topliss-reactive ketones (excluding diaryl/α,β-unsaturated/α-hetero) is 1. The Balaban J connectivity index is 2.10. The number of hydrogen-bond donors (Lipinski definition) is 2. The molecule has 1 atom stereocenters. The Hall–Kier alpha value is -3.48. The number of methoxy groups -OCH3 is 2. The lowest BCUT2D eigenvalue weighted by Gasteiger charge is -2.18. The van der Waals surface area contributed by atoms with E-state index in [9.17, 15) is 14.7 Å². The maximum absolute atomic E-state index is 12.5. The molecule has 0 spiro atoms. The zero-order valence-electron chi connectivity index (χ0n) is 15.8. The zero-order valence-corrected chi connectivity index (χ0v) is 15.8. The van der Waals surface area contributed by atoms with Crippen LogP contribution in [0.4, 0.5) is 0 Å². The molecule has 0 aromatic heterocycles. The van der Waals surface area contributed by atoms with Crippen LogP contribution in [0.25, 0.3) is 5.76 Å². The summed E-state index contributed by atoms with van der Waals surface area (Å²) in [6.07, 6.45) is 0. The summed E-state index contributed by atoms with van der Waals surface area (Å²) in [5.74, 6) is -0.228. The van der Waals surface area contributed by atoms with E-state index in [-0.39, 0.29) is 11.3 Å². The Morgan fingerprint density at radius 1 is 1.04 bits per heavy atom. The monoisotopic (exact) mass is 383 g/mol. The molecule has 1 heterocycles. The Morgan fingerprint density at radius 3 is 2.32 bits per heavy atom. The van der Waals surface area contributed by atoms with Crippen molar-refractivity contribution >= 4 is 17.4 Å². The SMILES string of the molecule is CCOc1ccc(C(O)=C2C(=O)C(=O)N[C@@H]2c2cc(OC)ccc2OC)cc1. The molecule has 0 aliphatic carbocycles. The van der Waals surface area contributed by atoms with E-state index in [4.69, 9.17) is 14.2 Å². The standard InChI is InChI=1S/C21H21NO6/c1-4-28-13-7-5-12(6-8-13)19(23)17-18(22-21(25)20(17)24)15-11-14(26-2)9-10-16(15)27-3/h5-11,18,23H,4H2,1-3H3,(H,22,25)/t18-/m1/s1. The largest absolute Gasteiger partial charge is 0.507 e. The summed E-state index contributed by atoms with van der Waals surface area (Å²) in [4.78, 5) is 24.6. The fourth-order valence-corrected chi connectivity index (χ4v) is 3.10. The van der Waals surface area contributed by atoms with Crippen molar-refractivity contribution in [3.63, 3.8) is 0 Å². The molecule has 3 rings (SSSR count). The van der Waals surface area contributed by atoms with E-state index >= 15 is 0 Å². The third-order valence-corrected chi connectivity index (χ3v) is 4.46. The van der Waals surface area contributed by atoms with Crippen LogP contribution < -0.4 is 19.5 Å². The number of nitrogens with one attached hydrogen (secondary N) is 1. The van der Waals surface area contributed by atoms with Crippen molar-refractivity contribution in [3.8, 4) is 17.2 Å². The second-order valence-corrected chi connectivity index (χ2v) is 6.06. The van der Waals surface area contributed by atoms with Crippen molar-refractivity contribution in [3.05, 3.63) is 59.2 Å². The quantitative estimate of drug-likeness (QED) is 0.453. The molecular formula is C21H21NO6. The number of carbonyl (C=O) groups excluding carboxylic acids is 2. The van der Waals surface area contributed by atoms with E-state index in [1.165, 1.54) is 14.2 Å². The maximum atomic E-state index is 12.5. The van der Waals surface area contributed by atoms with Crippen LogP contribution in [-0.2, 0) is 9.59 Å². The maximum Gasteiger partial charge on any atom is 0.293 e. The van der Waals surface area contributed by atoms with Crippen LogP contribution in [-0.4, -0.2) is 37.6 Å². The summed E-state index contributed by atoms with van der Waals surface area (Å²) in [7, 11) is 3.00. The predicted octanol–water partition coefficient (Wildman–Crippen LogP) is 2.81. The average Bonchev–Trinajstić information content (AvgIpc) is 3.02. The summed E-state index contributed by atoms with van der Waals surface area (Å²) >= 11 is 0. The van der Waals surface area contributed by atoms with E-state index < -0.39 is 17.7 Å². The first-order valence-corrected chi connectivity index (χ1v) is 8.73. The molecule has 1 fully saturated rings. The number of benzene rings is 2.